The van der Waals surface area contributed by atoms with E-state index in [-0.39, 0.29) is 11.3 Å². The van der Waals surface area contributed by atoms with Gasteiger partial charge in [-0.2, -0.15) is 0 Å². The van der Waals surface area contributed by atoms with E-state index in [0.717, 1.165) is 12.1 Å². The van der Waals surface area contributed by atoms with Crippen molar-refractivity contribution < 1.29 is 18.0 Å². The topological polar surface area (TPSA) is 29.1 Å². The molecule has 0 spiro atoms. The van der Waals surface area contributed by atoms with Crippen molar-refractivity contribution in [3.05, 3.63) is 65.5 Å². The summed E-state index contributed by atoms with van der Waals surface area (Å²) in [5.74, 6) is -3.83. The highest BCUT2D eigenvalue weighted by Gasteiger charge is 2.14. The molecule has 1 N–H and O–H groups in total. The molecule has 18 heavy (non-hydrogen) atoms. The summed E-state index contributed by atoms with van der Waals surface area (Å²) in [5.41, 5.74) is -0.565. The van der Waals surface area contributed by atoms with Crippen molar-refractivity contribution in [2.24, 2.45) is 0 Å². The fraction of sp³-hybridized carbons (Fsp3) is 0. The number of anilines is 1. The van der Waals surface area contributed by atoms with E-state index in [1.807, 2.05) is 0 Å². The first-order chi connectivity index (χ1) is 8.59. The fourth-order valence-corrected chi connectivity index (χ4v) is 1.44. The second-order valence-corrected chi connectivity index (χ2v) is 3.54. The minimum Gasteiger partial charge on any atom is -0.319 e. The monoisotopic (exact) mass is 251 g/mol. The highest BCUT2D eigenvalue weighted by Crippen LogP contribution is 2.18. The minimum absolute atomic E-state index is 0.235. The number of hydrogen-bond donors (Lipinski definition) is 1. The van der Waals surface area contributed by atoms with Crippen LogP contribution in [0.3, 0.4) is 0 Å². The smallest absolute Gasteiger partial charge is 0.258 e. The quantitative estimate of drug-likeness (QED) is 0.871. The van der Waals surface area contributed by atoms with Crippen LogP contribution in [0.25, 0.3) is 0 Å². The Bertz CT molecular complexity index is 599. The van der Waals surface area contributed by atoms with Gasteiger partial charge in [0, 0.05) is 0 Å². The van der Waals surface area contributed by atoms with Gasteiger partial charge in [0.1, 0.15) is 5.82 Å². The molecule has 0 aliphatic carbocycles. The molecule has 0 aliphatic rings. The first-order valence-electron chi connectivity index (χ1n) is 5.09. The lowest BCUT2D eigenvalue weighted by atomic mass is 10.2. The molecular formula is C13H8F3NO. The van der Waals surface area contributed by atoms with Gasteiger partial charge < -0.3 is 5.32 Å². The Kier molecular flexibility index (Phi) is 3.32. The summed E-state index contributed by atoms with van der Waals surface area (Å²) < 4.78 is 39.5. The maximum atomic E-state index is 13.3. The van der Waals surface area contributed by atoms with E-state index in [9.17, 15) is 18.0 Å². The molecule has 5 heteroatoms. The second-order valence-electron chi connectivity index (χ2n) is 3.54. The Labute approximate surface area is 101 Å². The van der Waals surface area contributed by atoms with Crippen molar-refractivity contribution in [3.63, 3.8) is 0 Å². The molecular weight excluding hydrogens is 243 g/mol. The minimum atomic E-state index is -1.18. The second kappa shape index (κ2) is 4.91. The SMILES string of the molecule is O=C(Nc1cccc(F)c1F)c1ccccc1F. The van der Waals surface area contributed by atoms with E-state index >= 15 is 0 Å². The van der Waals surface area contributed by atoms with Crippen LogP contribution in [0.4, 0.5) is 18.9 Å². The fourth-order valence-electron chi connectivity index (χ4n) is 1.44. The van der Waals surface area contributed by atoms with Crippen LogP contribution in [0.5, 0.6) is 0 Å². The predicted octanol–water partition coefficient (Wildman–Crippen LogP) is 3.36. The van der Waals surface area contributed by atoms with Crippen LogP contribution >= 0.6 is 0 Å². The molecule has 92 valence electrons. The standard InChI is InChI=1S/C13H8F3NO/c14-9-5-2-1-4-8(9)13(18)17-11-7-3-6-10(15)12(11)16/h1-7H,(H,17,18). The largest absolute Gasteiger partial charge is 0.319 e. The van der Waals surface area contributed by atoms with Crippen molar-refractivity contribution in [1.29, 1.82) is 0 Å². The van der Waals surface area contributed by atoms with E-state index in [1.54, 1.807) is 0 Å². The zero-order valence-corrected chi connectivity index (χ0v) is 9.08. The summed E-state index contributed by atoms with van der Waals surface area (Å²) >= 11 is 0. The van der Waals surface area contributed by atoms with Crippen molar-refractivity contribution in [2.45, 2.75) is 0 Å². The molecule has 0 radical (unpaired) electrons. The number of carbonyl (C=O) groups excluding carboxylic acids is 1. The van der Waals surface area contributed by atoms with E-state index in [1.165, 1.54) is 30.3 Å². The summed E-state index contributed by atoms with van der Waals surface area (Å²) in [7, 11) is 0. The van der Waals surface area contributed by atoms with Gasteiger partial charge >= 0.3 is 0 Å². The number of carbonyl (C=O) groups is 1. The van der Waals surface area contributed by atoms with Crippen LogP contribution in [0.2, 0.25) is 0 Å². The molecule has 0 fully saturated rings. The van der Waals surface area contributed by atoms with Crippen LogP contribution in [0, 0.1) is 17.5 Å². The van der Waals surface area contributed by atoms with Crippen LogP contribution in [-0.4, -0.2) is 5.91 Å². The lowest BCUT2D eigenvalue weighted by Gasteiger charge is -2.07. The van der Waals surface area contributed by atoms with Crippen LogP contribution in [-0.2, 0) is 0 Å². The third-order valence-electron chi connectivity index (χ3n) is 2.32. The highest BCUT2D eigenvalue weighted by atomic mass is 19.2. The number of benzene rings is 2. The summed E-state index contributed by atoms with van der Waals surface area (Å²) in [6, 6.07) is 8.62. The van der Waals surface area contributed by atoms with Crippen molar-refractivity contribution in [1.82, 2.24) is 0 Å². The van der Waals surface area contributed by atoms with Gasteiger partial charge in [-0.3, -0.25) is 4.79 Å². The predicted molar refractivity (Wildman–Crippen MR) is 60.7 cm³/mol. The van der Waals surface area contributed by atoms with Crippen LogP contribution in [0.15, 0.2) is 42.5 Å². The van der Waals surface area contributed by atoms with E-state index in [4.69, 9.17) is 0 Å². The molecule has 2 aromatic rings. The molecule has 0 unspecified atom stereocenters. The normalized spacial score (nSPS) is 10.2. The van der Waals surface area contributed by atoms with Gasteiger partial charge in [-0.25, -0.2) is 13.2 Å². The Morgan fingerprint density at radius 3 is 2.28 bits per heavy atom. The molecule has 0 saturated heterocycles. The molecule has 2 aromatic carbocycles. The van der Waals surface area contributed by atoms with Gasteiger partial charge in [-0.1, -0.05) is 18.2 Å². The molecule has 0 aliphatic heterocycles. The molecule has 0 saturated carbocycles. The molecule has 0 atom stereocenters. The van der Waals surface area contributed by atoms with Crippen molar-refractivity contribution >= 4 is 11.6 Å². The van der Waals surface area contributed by atoms with Gasteiger partial charge in [-0.15, -0.1) is 0 Å². The molecule has 2 nitrogen and oxygen atoms in total. The number of nitrogens with one attached hydrogen (secondary N) is 1. The molecule has 1 amide bonds. The Morgan fingerprint density at radius 1 is 0.889 bits per heavy atom. The third-order valence-corrected chi connectivity index (χ3v) is 2.32. The lowest BCUT2D eigenvalue weighted by Crippen LogP contribution is -2.15. The van der Waals surface area contributed by atoms with Crippen LogP contribution < -0.4 is 5.32 Å². The molecule has 0 aromatic heterocycles. The van der Waals surface area contributed by atoms with Gasteiger partial charge in [0.15, 0.2) is 11.6 Å². The summed E-state index contributed by atoms with van der Waals surface area (Å²) in [6.07, 6.45) is 0. The Hall–Kier alpha value is -2.30. The van der Waals surface area contributed by atoms with Gasteiger partial charge in [0.05, 0.1) is 11.3 Å². The lowest BCUT2D eigenvalue weighted by molar-refractivity contribution is 0.102. The average molecular weight is 251 g/mol. The maximum absolute atomic E-state index is 13.3. The number of hydrogen-bond acceptors (Lipinski definition) is 1. The summed E-state index contributed by atoms with van der Waals surface area (Å²) in [4.78, 5) is 11.7. The zero-order valence-electron chi connectivity index (χ0n) is 9.08. The van der Waals surface area contributed by atoms with Crippen LogP contribution in [0.1, 0.15) is 10.4 Å². The molecule has 0 heterocycles. The highest BCUT2D eigenvalue weighted by molar-refractivity contribution is 6.04. The van der Waals surface area contributed by atoms with Gasteiger partial charge in [0.2, 0.25) is 0 Å². The first kappa shape index (κ1) is 12.2. The van der Waals surface area contributed by atoms with Crippen molar-refractivity contribution in [3.8, 4) is 0 Å². The number of rotatable bonds is 2. The summed E-state index contributed by atoms with van der Waals surface area (Å²) in [5, 5.41) is 2.11. The number of halogens is 3. The van der Waals surface area contributed by atoms with Gasteiger partial charge in [0.25, 0.3) is 5.91 Å². The summed E-state index contributed by atoms with van der Waals surface area (Å²) in [6.45, 7) is 0. The number of amides is 1. The third kappa shape index (κ3) is 2.34. The maximum Gasteiger partial charge on any atom is 0.258 e. The average Bonchev–Trinajstić information content (AvgIpc) is 2.35. The molecule has 2 rings (SSSR count). The van der Waals surface area contributed by atoms with E-state index in [0.29, 0.717) is 0 Å². The zero-order chi connectivity index (χ0) is 13.1. The molecule has 0 bridgehead atoms. The Balaban J connectivity index is 2.27. The van der Waals surface area contributed by atoms with E-state index < -0.39 is 23.4 Å². The van der Waals surface area contributed by atoms with Crippen molar-refractivity contribution in [2.75, 3.05) is 5.32 Å². The van der Waals surface area contributed by atoms with Gasteiger partial charge in [-0.05, 0) is 24.3 Å². The van der Waals surface area contributed by atoms with E-state index in [2.05, 4.69) is 5.32 Å². The Morgan fingerprint density at radius 2 is 1.56 bits per heavy atom. The first-order valence-corrected chi connectivity index (χ1v) is 5.09.